The predicted molar refractivity (Wildman–Crippen MR) is 72.1 cm³/mol. The van der Waals surface area contributed by atoms with Crippen LogP contribution in [0.5, 0.6) is 0 Å². The number of benzene rings is 1. The van der Waals surface area contributed by atoms with Crippen LogP contribution >= 0.6 is 0 Å². The highest BCUT2D eigenvalue weighted by atomic mass is 19.1. The van der Waals surface area contributed by atoms with Gasteiger partial charge in [-0.25, -0.2) is 4.39 Å². The second kappa shape index (κ2) is 4.76. The van der Waals surface area contributed by atoms with Crippen LogP contribution in [-0.2, 0) is 0 Å². The van der Waals surface area contributed by atoms with Crippen molar-refractivity contribution < 1.29 is 4.39 Å². The van der Waals surface area contributed by atoms with Gasteiger partial charge < -0.3 is 16.0 Å². The van der Waals surface area contributed by atoms with Crippen molar-refractivity contribution in [2.45, 2.75) is 37.8 Å². The Bertz CT molecular complexity index is 435. The van der Waals surface area contributed by atoms with E-state index in [2.05, 4.69) is 10.2 Å². The van der Waals surface area contributed by atoms with Crippen molar-refractivity contribution in [2.75, 3.05) is 24.1 Å². The van der Waals surface area contributed by atoms with Gasteiger partial charge in [0.1, 0.15) is 5.82 Å². The number of fused-ring (bicyclic) bond motifs is 1. The molecule has 4 heteroatoms. The van der Waals surface area contributed by atoms with Crippen molar-refractivity contribution in [3.05, 3.63) is 24.0 Å². The van der Waals surface area contributed by atoms with Crippen molar-refractivity contribution in [3.8, 4) is 0 Å². The molecule has 2 saturated heterocycles. The minimum absolute atomic E-state index is 0.231. The summed E-state index contributed by atoms with van der Waals surface area (Å²) in [5.41, 5.74) is 7.25. The first kappa shape index (κ1) is 11.8. The number of rotatable bonds is 2. The quantitative estimate of drug-likeness (QED) is 0.791. The average Bonchev–Trinajstić information content (AvgIpc) is 2.81. The van der Waals surface area contributed by atoms with Crippen molar-refractivity contribution in [2.24, 2.45) is 0 Å². The van der Waals surface area contributed by atoms with Crippen LogP contribution in [0.3, 0.4) is 0 Å². The molecular weight excluding hydrogens is 229 g/mol. The lowest BCUT2D eigenvalue weighted by Crippen LogP contribution is -2.42. The van der Waals surface area contributed by atoms with E-state index in [1.54, 1.807) is 6.07 Å². The van der Waals surface area contributed by atoms with Gasteiger partial charge in [-0.1, -0.05) is 0 Å². The average molecular weight is 249 g/mol. The number of piperidine rings is 1. The molecule has 0 aliphatic carbocycles. The lowest BCUT2D eigenvalue weighted by Gasteiger charge is -2.35. The lowest BCUT2D eigenvalue weighted by atomic mass is 9.97. The van der Waals surface area contributed by atoms with E-state index in [1.807, 2.05) is 0 Å². The molecule has 98 valence electrons. The smallest absolute Gasteiger partial charge is 0.125 e. The van der Waals surface area contributed by atoms with Crippen LogP contribution < -0.4 is 11.1 Å². The molecule has 0 aromatic heterocycles. The second-order valence-electron chi connectivity index (χ2n) is 5.43. The third-order valence-electron chi connectivity index (χ3n) is 4.20. The van der Waals surface area contributed by atoms with E-state index in [9.17, 15) is 4.39 Å². The number of nitrogen functional groups attached to an aromatic ring is 1. The zero-order valence-corrected chi connectivity index (χ0v) is 10.5. The van der Waals surface area contributed by atoms with Crippen molar-refractivity contribution in [1.82, 2.24) is 4.90 Å². The van der Waals surface area contributed by atoms with Crippen LogP contribution in [-0.4, -0.2) is 30.1 Å². The van der Waals surface area contributed by atoms with E-state index >= 15 is 0 Å². The Kier molecular flexibility index (Phi) is 3.12. The Labute approximate surface area is 107 Å². The van der Waals surface area contributed by atoms with E-state index in [0.29, 0.717) is 17.8 Å². The van der Waals surface area contributed by atoms with Crippen LogP contribution in [0.15, 0.2) is 18.2 Å². The van der Waals surface area contributed by atoms with E-state index < -0.39 is 0 Å². The maximum absolute atomic E-state index is 13.2. The summed E-state index contributed by atoms with van der Waals surface area (Å²) < 4.78 is 13.2. The number of nitrogens with two attached hydrogens (primary N) is 1. The summed E-state index contributed by atoms with van der Waals surface area (Å²) in [6, 6.07) is 5.67. The third-order valence-corrected chi connectivity index (χ3v) is 4.20. The maximum atomic E-state index is 13.2. The number of halogens is 1. The van der Waals surface area contributed by atoms with Gasteiger partial charge in [0.05, 0.1) is 11.4 Å². The van der Waals surface area contributed by atoms with E-state index in [1.165, 1.54) is 31.5 Å². The molecule has 3 nitrogen and oxygen atoms in total. The molecule has 0 bridgehead atoms. The summed E-state index contributed by atoms with van der Waals surface area (Å²) in [6.45, 7) is 2.40. The number of hydrogen-bond acceptors (Lipinski definition) is 3. The summed E-state index contributed by atoms with van der Waals surface area (Å²) in [7, 11) is 0. The maximum Gasteiger partial charge on any atom is 0.125 e. The zero-order chi connectivity index (χ0) is 12.5. The van der Waals surface area contributed by atoms with Gasteiger partial charge in [0.2, 0.25) is 0 Å². The van der Waals surface area contributed by atoms with Crippen molar-refractivity contribution in [3.63, 3.8) is 0 Å². The van der Waals surface area contributed by atoms with Gasteiger partial charge in [0.25, 0.3) is 0 Å². The SMILES string of the molecule is Nc1ccc(F)cc1NC1CCN2CCCC2C1. The van der Waals surface area contributed by atoms with E-state index in [-0.39, 0.29) is 5.82 Å². The fourth-order valence-electron chi connectivity index (χ4n) is 3.23. The molecule has 3 rings (SSSR count). The van der Waals surface area contributed by atoms with Gasteiger partial charge in [-0.2, -0.15) is 0 Å². The minimum atomic E-state index is -0.231. The van der Waals surface area contributed by atoms with Crippen LogP contribution in [0.4, 0.5) is 15.8 Å². The molecule has 1 aromatic rings. The van der Waals surface area contributed by atoms with E-state index in [0.717, 1.165) is 25.1 Å². The largest absolute Gasteiger partial charge is 0.397 e. The van der Waals surface area contributed by atoms with Crippen LogP contribution in [0.1, 0.15) is 25.7 Å². The molecule has 2 unspecified atom stereocenters. The lowest BCUT2D eigenvalue weighted by molar-refractivity contribution is 0.188. The minimum Gasteiger partial charge on any atom is -0.397 e. The van der Waals surface area contributed by atoms with Crippen LogP contribution in [0.2, 0.25) is 0 Å². The Morgan fingerprint density at radius 2 is 2.17 bits per heavy atom. The summed E-state index contributed by atoms with van der Waals surface area (Å²) in [5.74, 6) is -0.231. The molecule has 3 N–H and O–H groups in total. The summed E-state index contributed by atoms with van der Waals surface area (Å²) in [5, 5.41) is 3.41. The molecule has 1 aromatic carbocycles. The zero-order valence-electron chi connectivity index (χ0n) is 10.5. The summed E-state index contributed by atoms with van der Waals surface area (Å²) in [4.78, 5) is 2.58. The highest BCUT2D eigenvalue weighted by molar-refractivity contribution is 5.66. The number of anilines is 2. The first-order chi connectivity index (χ1) is 8.72. The number of hydrogen-bond donors (Lipinski definition) is 2. The van der Waals surface area contributed by atoms with Gasteiger partial charge in [0, 0.05) is 18.6 Å². The Hall–Kier alpha value is -1.29. The monoisotopic (exact) mass is 249 g/mol. The molecule has 2 fully saturated rings. The second-order valence-corrected chi connectivity index (χ2v) is 5.43. The third kappa shape index (κ3) is 2.29. The topological polar surface area (TPSA) is 41.3 Å². The molecule has 2 aliphatic heterocycles. The predicted octanol–water partition coefficient (Wildman–Crippen LogP) is 2.45. The Morgan fingerprint density at radius 3 is 3.06 bits per heavy atom. The molecule has 18 heavy (non-hydrogen) atoms. The van der Waals surface area contributed by atoms with Gasteiger partial charge in [-0.3, -0.25) is 0 Å². The number of nitrogens with zero attached hydrogens (tertiary/aromatic N) is 1. The number of nitrogens with one attached hydrogen (secondary N) is 1. The fraction of sp³-hybridized carbons (Fsp3) is 0.571. The van der Waals surface area contributed by atoms with Crippen LogP contribution in [0, 0.1) is 5.82 Å². The van der Waals surface area contributed by atoms with Gasteiger partial charge in [-0.05, 0) is 50.4 Å². The molecule has 0 saturated carbocycles. The Balaban J connectivity index is 1.67. The summed E-state index contributed by atoms with van der Waals surface area (Å²) >= 11 is 0. The fourth-order valence-corrected chi connectivity index (χ4v) is 3.23. The molecule has 2 atom stereocenters. The van der Waals surface area contributed by atoms with Crippen molar-refractivity contribution in [1.29, 1.82) is 0 Å². The van der Waals surface area contributed by atoms with Gasteiger partial charge in [-0.15, -0.1) is 0 Å². The Morgan fingerprint density at radius 1 is 1.28 bits per heavy atom. The van der Waals surface area contributed by atoms with Gasteiger partial charge >= 0.3 is 0 Å². The highest BCUT2D eigenvalue weighted by Crippen LogP contribution is 2.30. The molecule has 2 heterocycles. The molecule has 0 amide bonds. The normalized spacial score (nSPS) is 28.1. The first-order valence-corrected chi connectivity index (χ1v) is 6.78. The highest BCUT2D eigenvalue weighted by Gasteiger charge is 2.31. The molecule has 0 spiro atoms. The summed E-state index contributed by atoms with van der Waals surface area (Å²) in [6.07, 6.45) is 4.89. The van der Waals surface area contributed by atoms with E-state index in [4.69, 9.17) is 5.73 Å². The first-order valence-electron chi connectivity index (χ1n) is 6.78. The van der Waals surface area contributed by atoms with Crippen molar-refractivity contribution >= 4 is 11.4 Å². The molecule has 2 aliphatic rings. The molecule has 0 radical (unpaired) electrons. The molecular formula is C14H20FN3. The van der Waals surface area contributed by atoms with Crippen LogP contribution in [0.25, 0.3) is 0 Å². The standard InChI is InChI=1S/C14H20FN3/c15-10-3-4-13(16)14(8-10)17-11-5-7-18-6-1-2-12(18)9-11/h3-4,8,11-12,17H,1-2,5-7,9,16H2. The van der Waals surface area contributed by atoms with Gasteiger partial charge in [0.15, 0.2) is 0 Å².